The first kappa shape index (κ1) is 17.4. The van der Waals surface area contributed by atoms with Crippen LogP contribution in [0.3, 0.4) is 0 Å². The molecule has 0 saturated carbocycles. The predicted molar refractivity (Wildman–Crippen MR) is 93.2 cm³/mol. The maximum atomic E-state index is 12.4. The number of ether oxygens (including phenoxy) is 2. The van der Waals surface area contributed by atoms with Gasteiger partial charge in [-0.25, -0.2) is 8.42 Å². The number of nitrogens with zero attached hydrogens (tertiary/aromatic N) is 1. The zero-order valence-electron chi connectivity index (χ0n) is 13.6. The average Bonchev–Trinajstić information content (AvgIpc) is 3.14. The molecule has 0 aromatic heterocycles. The Morgan fingerprint density at radius 3 is 2.83 bits per heavy atom. The number of sulfone groups is 1. The van der Waals surface area contributed by atoms with Gasteiger partial charge in [0, 0.05) is 18.3 Å². The molecule has 3 rings (SSSR count). The molecule has 132 valence electrons. The van der Waals surface area contributed by atoms with E-state index in [1.807, 2.05) is 25.1 Å². The second kappa shape index (κ2) is 7.23. The normalized spacial score (nSPS) is 21.0. The first-order valence-electron chi connectivity index (χ1n) is 7.94. The van der Waals surface area contributed by atoms with Gasteiger partial charge in [0.05, 0.1) is 17.3 Å². The summed E-state index contributed by atoms with van der Waals surface area (Å²) in [5, 5.41) is 0. The van der Waals surface area contributed by atoms with Crippen molar-refractivity contribution in [2.24, 2.45) is 0 Å². The molecular formula is C16H21NO5S2. The molecule has 24 heavy (non-hydrogen) atoms. The van der Waals surface area contributed by atoms with Gasteiger partial charge in [0.15, 0.2) is 21.3 Å². The van der Waals surface area contributed by atoms with Crippen molar-refractivity contribution >= 4 is 27.5 Å². The molecular weight excluding hydrogens is 350 g/mol. The maximum absolute atomic E-state index is 12.4. The standard InChI is InChI=1S/C16H21NO5S2/c1-2-17(13-5-6-24(19,20)10-13)16(18)9-23-8-12-3-4-14-15(7-12)22-11-21-14/h3-4,7,13H,2,5-6,8-11H2,1H3/t13-/m1/s1. The first-order chi connectivity index (χ1) is 11.5. The molecule has 0 N–H and O–H groups in total. The zero-order valence-corrected chi connectivity index (χ0v) is 15.2. The highest BCUT2D eigenvalue weighted by atomic mass is 32.2. The number of rotatable bonds is 6. The topological polar surface area (TPSA) is 72.9 Å². The maximum Gasteiger partial charge on any atom is 0.232 e. The SMILES string of the molecule is CCN(C(=O)CSCc1ccc2c(c1)OCO2)[C@@H]1CCS(=O)(=O)C1. The largest absolute Gasteiger partial charge is 0.454 e. The number of thioether (sulfide) groups is 1. The van der Waals surface area contributed by atoms with Crippen LogP contribution in [0, 0.1) is 0 Å². The molecule has 0 aliphatic carbocycles. The van der Waals surface area contributed by atoms with Crippen molar-refractivity contribution in [3.8, 4) is 11.5 Å². The Morgan fingerprint density at radius 2 is 2.12 bits per heavy atom. The van der Waals surface area contributed by atoms with E-state index in [4.69, 9.17) is 9.47 Å². The molecule has 0 bridgehead atoms. The molecule has 0 radical (unpaired) electrons. The number of amides is 1. The summed E-state index contributed by atoms with van der Waals surface area (Å²) in [6.07, 6.45) is 0.550. The van der Waals surface area contributed by atoms with E-state index in [2.05, 4.69) is 0 Å². The number of hydrogen-bond acceptors (Lipinski definition) is 6. The summed E-state index contributed by atoms with van der Waals surface area (Å²) >= 11 is 1.53. The summed E-state index contributed by atoms with van der Waals surface area (Å²) in [7, 11) is -2.98. The van der Waals surface area contributed by atoms with Gasteiger partial charge in [-0.15, -0.1) is 11.8 Å². The minimum atomic E-state index is -2.98. The Kier molecular flexibility index (Phi) is 5.24. The lowest BCUT2D eigenvalue weighted by Crippen LogP contribution is -2.41. The van der Waals surface area contributed by atoms with Crippen LogP contribution in [0.4, 0.5) is 0 Å². The average molecular weight is 371 g/mol. The van der Waals surface area contributed by atoms with E-state index in [-0.39, 0.29) is 30.2 Å². The second-order valence-corrected chi connectivity index (χ2v) is 9.13. The molecule has 1 aromatic carbocycles. The number of carbonyl (C=O) groups excluding carboxylic acids is 1. The zero-order chi connectivity index (χ0) is 17.2. The van der Waals surface area contributed by atoms with Crippen LogP contribution < -0.4 is 9.47 Å². The van der Waals surface area contributed by atoms with Crippen molar-refractivity contribution in [1.82, 2.24) is 4.90 Å². The van der Waals surface area contributed by atoms with Gasteiger partial charge in [0.1, 0.15) is 0 Å². The molecule has 1 fully saturated rings. The fourth-order valence-electron chi connectivity index (χ4n) is 3.03. The Balaban J connectivity index is 1.51. The van der Waals surface area contributed by atoms with E-state index >= 15 is 0 Å². The molecule has 0 unspecified atom stereocenters. The van der Waals surface area contributed by atoms with Crippen LogP contribution in [0.1, 0.15) is 18.9 Å². The summed E-state index contributed by atoms with van der Waals surface area (Å²) in [6.45, 7) is 2.69. The summed E-state index contributed by atoms with van der Waals surface area (Å²) in [4.78, 5) is 14.1. The van der Waals surface area contributed by atoms with Crippen molar-refractivity contribution in [1.29, 1.82) is 0 Å². The van der Waals surface area contributed by atoms with Gasteiger partial charge in [0.2, 0.25) is 12.7 Å². The molecule has 0 spiro atoms. The number of carbonyl (C=O) groups is 1. The number of hydrogen-bond donors (Lipinski definition) is 0. The van der Waals surface area contributed by atoms with Crippen molar-refractivity contribution in [3.63, 3.8) is 0 Å². The van der Waals surface area contributed by atoms with Crippen LogP contribution in [0.2, 0.25) is 0 Å². The fraction of sp³-hybridized carbons (Fsp3) is 0.562. The van der Waals surface area contributed by atoms with E-state index in [1.54, 1.807) is 4.90 Å². The van der Waals surface area contributed by atoms with E-state index < -0.39 is 9.84 Å². The van der Waals surface area contributed by atoms with Crippen molar-refractivity contribution < 1.29 is 22.7 Å². The van der Waals surface area contributed by atoms with Crippen LogP contribution in [-0.4, -0.2) is 55.9 Å². The van der Waals surface area contributed by atoms with E-state index in [1.165, 1.54) is 11.8 Å². The monoisotopic (exact) mass is 371 g/mol. The molecule has 2 heterocycles. The van der Waals surface area contributed by atoms with Crippen LogP contribution in [0.5, 0.6) is 11.5 Å². The minimum absolute atomic E-state index is 0.00495. The summed E-state index contributed by atoms with van der Waals surface area (Å²) in [5.74, 6) is 2.82. The van der Waals surface area contributed by atoms with Crippen LogP contribution in [0.15, 0.2) is 18.2 Å². The Bertz CT molecular complexity index is 719. The summed E-state index contributed by atoms with van der Waals surface area (Å²) in [6, 6.07) is 5.60. The van der Waals surface area contributed by atoms with Gasteiger partial charge in [-0.2, -0.15) is 0 Å². The third-order valence-electron chi connectivity index (χ3n) is 4.24. The first-order valence-corrected chi connectivity index (χ1v) is 10.9. The Labute approximate surface area is 146 Å². The highest BCUT2D eigenvalue weighted by Gasteiger charge is 2.33. The van der Waals surface area contributed by atoms with E-state index in [9.17, 15) is 13.2 Å². The van der Waals surface area contributed by atoms with Crippen molar-refractivity contribution in [2.45, 2.75) is 25.1 Å². The Hall–Kier alpha value is -1.41. The summed E-state index contributed by atoms with van der Waals surface area (Å²) < 4.78 is 33.8. The van der Waals surface area contributed by atoms with Crippen molar-refractivity contribution in [2.75, 3.05) is 30.6 Å². The second-order valence-electron chi connectivity index (χ2n) is 5.92. The quantitative estimate of drug-likeness (QED) is 0.758. The van der Waals surface area contributed by atoms with Crippen LogP contribution >= 0.6 is 11.8 Å². The Morgan fingerprint density at radius 1 is 1.33 bits per heavy atom. The van der Waals surface area contributed by atoms with E-state index in [0.29, 0.717) is 24.5 Å². The highest BCUT2D eigenvalue weighted by molar-refractivity contribution is 7.99. The molecule has 2 aliphatic heterocycles. The smallest absolute Gasteiger partial charge is 0.232 e. The van der Waals surface area contributed by atoms with Gasteiger partial charge in [-0.05, 0) is 31.0 Å². The van der Waals surface area contributed by atoms with Gasteiger partial charge < -0.3 is 14.4 Å². The molecule has 6 nitrogen and oxygen atoms in total. The van der Waals surface area contributed by atoms with Gasteiger partial charge in [-0.3, -0.25) is 4.79 Å². The van der Waals surface area contributed by atoms with Crippen LogP contribution in [0.25, 0.3) is 0 Å². The van der Waals surface area contributed by atoms with E-state index in [0.717, 1.165) is 17.1 Å². The van der Waals surface area contributed by atoms with Crippen molar-refractivity contribution in [3.05, 3.63) is 23.8 Å². The minimum Gasteiger partial charge on any atom is -0.454 e. The van der Waals surface area contributed by atoms with Gasteiger partial charge in [0.25, 0.3) is 0 Å². The molecule has 2 aliphatic rings. The number of fused-ring (bicyclic) bond motifs is 1. The van der Waals surface area contributed by atoms with Gasteiger partial charge >= 0.3 is 0 Å². The molecule has 1 amide bonds. The third-order valence-corrected chi connectivity index (χ3v) is 6.98. The van der Waals surface area contributed by atoms with Gasteiger partial charge in [-0.1, -0.05) is 6.07 Å². The highest BCUT2D eigenvalue weighted by Crippen LogP contribution is 2.33. The summed E-state index contributed by atoms with van der Waals surface area (Å²) in [5.41, 5.74) is 1.07. The third kappa shape index (κ3) is 3.97. The molecule has 8 heteroatoms. The lowest BCUT2D eigenvalue weighted by atomic mass is 10.2. The molecule has 1 atom stereocenters. The lowest BCUT2D eigenvalue weighted by molar-refractivity contribution is -0.129. The number of benzene rings is 1. The lowest BCUT2D eigenvalue weighted by Gasteiger charge is -2.26. The molecule has 1 aromatic rings. The van der Waals surface area contributed by atoms with Crippen LogP contribution in [-0.2, 0) is 20.4 Å². The predicted octanol–water partition coefficient (Wildman–Crippen LogP) is 1.68. The molecule has 1 saturated heterocycles. The fourth-order valence-corrected chi connectivity index (χ4v) is 5.62.